The molecule has 0 aliphatic rings. The van der Waals surface area contributed by atoms with E-state index in [2.05, 4.69) is 50.4 Å². The van der Waals surface area contributed by atoms with Crippen LogP contribution in [0.15, 0.2) is 48.5 Å². The Labute approximate surface area is 138 Å². The van der Waals surface area contributed by atoms with Crippen molar-refractivity contribution in [1.82, 2.24) is 5.32 Å². The van der Waals surface area contributed by atoms with Crippen molar-refractivity contribution >= 4 is 11.6 Å². The molecule has 0 bridgehead atoms. The number of nitrogens with one attached hydrogen (secondary N) is 1. The van der Waals surface area contributed by atoms with Gasteiger partial charge in [0.25, 0.3) is 0 Å². The molecule has 0 aliphatic heterocycles. The maximum atomic E-state index is 12.1. The van der Waals surface area contributed by atoms with Gasteiger partial charge in [-0.05, 0) is 30.5 Å². The average molecular weight is 310 g/mol. The summed E-state index contributed by atoms with van der Waals surface area (Å²) in [5.41, 5.74) is 10.1. The van der Waals surface area contributed by atoms with Crippen LogP contribution < -0.4 is 11.1 Å². The first-order chi connectivity index (χ1) is 10.9. The van der Waals surface area contributed by atoms with Gasteiger partial charge >= 0.3 is 0 Å². The van der Waals surface area contributed by atoms with E-state index in [1.165, 1.54) is 11.1 Å². The number of hydrogen-bond acceptors (Lipinski definition) is 2. The van der Waals surface area contributed by atoms with Gasteiger partial charge in [0.15, 0.2) is 0 Å². The monoisotopic (exact) mass is 310 g/mol. The number of amides is 1. The van der Waals surface area contributed by atoms with Gasteiger partial charge in [0.1, 0.15) is 0 Å². The Morgan fingerprint density at radius 3 is 2.57 bits per heavy atom. The van der Waals surface area contributed by atoms with E-state index in [0.717, 1.165) is 11.3 Å². The van der Waals surface area contributed by atoms with Crippen LogP contribution in [0.2, 0.25) is 0 Å². The zero-order valence-electron chi connectivity index (χ0n) is 14.2. The average Bonchev–Trinajstić information content (AvgIpc) is 2.52. The fraction of sp³-hybridized carbons (Fsp3) is 0.350. The minimum Gasteiger partial charge on any atom is -0.399 e. The highest BCUT2D eigenvalue weighted by molar-refractivity contribution is 5.76. The number of rotatable bonds is 6. The van der Waals surface area contributed by atoms with Gasteiger partial charge in [-0.1, -0.05) is 61.9 Å². The normalized spacial score (nSPS) is 11.3. The Morgan fingerprint density at radius 2 is 1.87 bits per heavy atom. The second-order valence-corrected chi connectivity index (χ2v) is 6.73. The van der Waals surface area contributed by atoms with Gasteiger partial charge in [0.2, 0.25) is 5.91 Å². The van der Waals surface area contributed by atoms with E-state index in [1.807, 2.05) is 24.3 Å². The predicted molar refractivity (Wildman–Crippen MR) is 96.4 cm³/mol. The van der Waals surface area contributed by atoms with Crippen molar-refractivity contribution in [2.24, 2.45) is 0 Å². The quantitative estimate of drug-likeness (QED) is 0.801. The fourth-order valence-corrected chi connectivity index (χ4v) is 2.59. The van der Waals surface area contributed by atoms with E-state index in [9.17, 15) is 4.79 Å². The molecule has 122 valence electrons. The summed E-state index contributed by atoms with van der Waals surface area (Å²) in [6, 6.07) is 16.1. The molecule has 1 amide bonds. The van der Waals surface area contributed by atoms with E-state index >= 15 is 0 Å². The maximum absolute atomic E-state index is 12.1. The second-order valence-electron chi connectivity index (χ2n) is 6.73. The molecule has 0 aliphatic carbocycles. The van der Waals surface area contributed by atoms with Crippen molar-refractivity contribution in [2.75, 3.05) is 12.3 Å². The zero-order chi connectivity index (χ0) is 16.9. The summed E-state index contributed by atoms with van der Waals surface area (Å²) in [7, 11) is 0. The number of para-hydroxylation sites is 1. The van der Waals surface area contributed by atoms with Crippen molar-refractivity contribution in [1.29, 1.82) is 0 Å². The summed E-state index contributed by atoms with van der Waals surface area (Å²) in [5.74, 6) is 0.0639. The summed E-state index contributed by atoms with van der Waals surface area (Å²) in [4.78, 5) is 12.1. The lowest BCUT2D eigenvalue weighted by atomic mass is 9.84. The highest BCUT2D eigenvalue weighted by Crippen LogP contribution is 2.23. The lowest BCUT2D eigenvalue weighted by molar-refractivity contribution is -0.121. The van der Waals surface area contributed by atoms with Gasteiger partial charge in [0.05, 0.1) is 0 Å². The SMILES string of the molecule is Cc1cccc(C(C)(C)CNC(=O)CCc2ccccc2N)c1. The highest BCUT2D eigenvalue weighted by Gasteiger charge is 2.21. The summed E-state index contributed by atoms with van der Waals surface area (Å²) in [5, 5.41) is 3.05. The number of nitrogen functional groups attached to an aromatic ring is 1. The number of hydrogen-bond donors (Lipinski definition) is 2. The van der Waals surface area contributed by atoms with Gasteiger partial charge < -0.3 is 11.1 Å². The first kappa shape index (κ1) is 17.1. The number of aryl methyl sites for hydroxylation is 2. The van der Waals surface area contributed by atoms with Crippen LogP contribution >= 0.6 is 0 Å². The summed E-state index contributed by atoms with van der Waals surface area (Å²) in [6.07, 6.45) is 1.13. The lowest BCUT2D eigenvalue weighted by Crippen LogP contribution is -2.36. The standard InChI is InChI=1S/C20H26N2O/c1-15-7-6-9-17(13-15)20(2,3)14-22-19(23)12-11-16-8-4-5-10-18(16)21/h4-10,13H,11-12,14,21H2,1-3H3,(H,22,23). The van der Waals surface area contributed by atoms with Gasteiger partial charge in [-0.3, -0.25) is 4.79 Å². The van der Waals surface area contributed by atoms with Crippen molar-refractivity contribution in [3.8, 4) is 0 Å². The molecule has 2 rings (SSSR count). The number of carbonyl (C=O) groups excluding carboxylic acids is 1. The molecule has 0 spiro atoms. The Bertz CT molecular complexity index is 677. The van der Waals surface area contributed by atoms with E-state index in [-0.39, 0.29) is 11.3 Å². The maximum Gasteiger partial charge on any atom is 0.220 e. The molecule has 0 saturated heterocycles. The molecule has 2 aromatic rings. The first-order valence-corrected chi connectivity index (χ1v) is 8.06. The highest BCUT2D eigenvalue weighted by atomic mass is 16.1. The summed E-state index contributed by atoms with van der Waals surface area (Å²) in [6.45, 7) is 7.01. The van der Waals surface area contributed by atoms with Crippen LogP contribution in [0.1, 0.15) is 37.0 Å². The smallest absolute Gasteiger partial charge is 0.220 e. The molecule has 3 N–H and O–H groups in total. The van der Waals surface area contributed by atoms with Crippen molar-refractivity contribution in [2.45, 2.75) is 39.0 Å². The third-order valence-electron chi connectivity index (χ3n) is 4.20. The summed E-state index contributed by atoms with van der Waals surface area (Å²) < 4.78 is 0. The molecule has 3 heteroatoms. The fourth-order valence-electron chi connectivity index (χ4n) is 2.59. The lowest BCUT2D eigenvalue weighted by Gasteiger charge is -2.26. The number of anilines is 1. The Hall–Kier alpha value is -2.29. The van der Waals surface area contributed by atoms with Gasteiger partial charge in [-0.2, -0.15) is 0 Å². The van der Waals surface area contributed by atoms with Crippen molar-refractivity contribution in [3.05, 3.63) is 65.2 Å². The van der Waals surface area contributed by atoms with Crippen LogP contribution in [0.3, 0.4) is 0 Å². The molecule has 0 radical (unpaired) electrons. The van der Waals surface area contributed by atoms with Crippen LogP contribution in [-0.2, 0) is 16.6 Å². The molecular weight excluding hydrogens is 284 g/mol. The molecule has 0 unspecified atom stereocenters. The summed E-state index contributed by atoms with van der Waals surface area (Å²) >= 11 is 0. The van der Waals surface area contributed by atoms with Gasteiger partial charge in [-0.15, -0.1) is 0 Å². The van der Waals surface area contributed by atoms with E-state index < -0.39 is 0 Å². The third-order valence-corrected chi connectivity index (χ3v) is 4.20. The van der Waals surface area contributed by atoms with E-state index in [1.54, 1.807) is 0 Å². The molecule has 2 aromatic carbocycles. The molecule has 0 saturated carbocycles. The largest absolute Gasteiger partial charge is 0.399 e. The minimum absolute atomic E-state index is 0.0639. The zero-order valence-corrected chi connectivity index (χ0v) is 14.2. The van der Waals surface area contributed by atoms with Crippen molar-refractivity contribution < 1.29 is 4.79 Å². The van der Waals surface area contributed by atoms with Crippen LogP contribution in [0.5, 0.6) is 0 Å². The molecule has 0 aromatic heterocycles. The van der Waals surface area contributed by atoms with Crippen LogP contribution in [0.4, 0.5) is 5.69 Å². The Morgan fingerprint density at radius 1 is 1.13 bits per heavy atom. The second kappa shape index (κ2) is 7.32. The van der Waals surface area contributed by atoms with Crippen molar-refractivity contribution in [3.63, 3.8) is 0 Å². The number of carbonyl (C=O) groups is 1. The molecule has 3 nitrogen and oxygen atoms in total. The van der Waals surface area contributed by atoms with Crippen LogP contribution in [0, 0.1) is 6.92 Å². The molecule has 0 atom stereocenters. The molecule has 0 heterocycles. The predicted octanol–water partition coefficient (Wildman–Crippen LogP) is 3.60. The number of nitrogens with two attached hydrogens (primary N) is 1. The Balaban J connectivity index is 1.87. The van der Waals surface area contributed by atoms with Crippen LogP contribution in [-0.4, -0.2) is 12.5 Å². The topological polar surface area (TPSA) is 55.1 Å². The Kier molecular flexibility index (Phi) is 5.43. The minimum atomic E-state index is -0.0898. The molecular formula is C20H26N2O. The van der Waals surface area contributed by atoms with Gasteiger partial charge in [0, 0.05) is 24.1 Å². The number of benzene rings is 2. The van der Waals surface area contributed by atoms with Crippen LogP contribution in [0.25, 0.3) is 0 Å². The van der Waals surface area contributed by atoms with E-state index in [0.29, 0.717) is 19.4 Å². The molecule has 23 heavy (non-hydrogen) atoms. The van der Waals surface area contributed by atoms with Gasteiger partial charge in [-0.25, -0.2) is 0 Å². The molecule has 0 fully saturated rings. The third kappa shape index (κ3) is 4.85. The van der Waals surface area contributed by atoms with E-state index in [4.69, 9.17) is 5.73 Å². The first-order valence-electron chi connectivity index (χ1n) is 8.06.